The predicted octanol–water partition coefficient (Wildman–Crippen LogP) is 3.47. The van der Waals surface area contributed by atoms with Crippen LogP contribution in [0.2, 0.25) is 5.02 Å². The number of carbonyl (C=O) groups is 2. The van der Waals surface area contributed by atoms with Crippen molar-refractivity contribution in [3.05, 3.63) is 29.3 Å². The van der Waals surface area contributed by atoms with Crippen molar-refractivity contribution in [2.24, 2.45) is 0 Å². The monoisotopic (exact) mass is 318 g/mol. The number of nitrogens with zero attached hydrogens (tertiary/aromatic N) is 1. The van der Waals surface area contributed by atoms with Gasteiger partial charge in [0, 0.05) is 21.9 Å². The summed E-state index contributed by atoms with van der Waals surface area (Å²) in [5.74, 6) is 0. The fraction of sp³-hybridized carbons (Fsp3) is 0.333. The van der Waals surface area contributed by atoms with Crippen LogP contribution in [0.25, 0.3) is 0 Å². The van der Waals surface area contributed by atoms with Gasteiger partial charge >= 0.3 is 12.2 Å². The maximum Gasteiger partial charge on any atom is 0.439 e. The lowest BCUT2D eigenvalue weighted by molar-refractivity contribution is 0.106. The van der Waals surface area contributed by atoms with E-state index in [9.17, 15) is 9.59 Å². The van der Waals surface area contributed by atoms with E-state index < -0.39 is 12.2 Å². The predicted molar refractivity (Wildman–Crippen MR) is 76.3 cm³/mol. The molecule has 0 aromatic heterocycles. The van der Waals surface area contributed by atoms with E-state index in [4.69, 9.17) is 21.1 Å². The molecule has 6 nitrogen and oxygen atoms in total. The van der Waals surface area contributed by atoms with Gasteiger partial charge < -0.3 is 9.47 Å². The van der Waals surface area contributed by atoms with Crippen LogP contribution in [-0.4, -0.2) is 29.8 Å². The molecule has 8 heteroatoms. The molecule has 20 heavy (non-hydrogen) atoms. The van der Waals surface area contributed by atoms with Crippen molar-refractivity contribution in [3.63, 3.8) is 0 Å². The molecule has 2 amide bonds. The fourth-order valence-electron chi connectivity index (χ4n) is 1.13. The highest BCUT2D eigenvalue weighted by Gasteiger charge is 2.19. The molecule has 0 bridgehead atoms. The van der Waals surface area contributed by atoms with Crippen molar-refractivity contribution in [3.8, 4) is 0 Å². The number of halogens is 1. The van der Waals surface area contributed by atoms with Crippen LogP contribution in [0.1, 0.15) is 13.8 Å². The molecule has 0 aliphatic carbocycles. The summed E-state index contributed by atoms with van der Waals surface area (Å²) < 4.78 is 10.5. The van der Waals surface area contributed by atoms with Crippen LogP contribution in [-0.2, 0) is 9.47 Å². The van der Waals surface area contributed by atoms with E-state index in [1.54, 1.807) is 38.1 Å². The Labute approximate surface area is 126 Å². The number of amides is 2. The highest BCUT2D eigenvalue weighted by molar-refractivity contribution is 7.97. The van der Waals surface area contributed by atoms with Crippen LogP contribution < -0.4 is 5.43 Å². The van der Waals surface area contributed by atoms with E-state index in [1.807, 2.05) is 0 Å². The van der Waals surface area contributed by atoms with E-state index >= 15 is 0 Å². The molecule has 0 heterocycles. The van der Waals surface area contributed by atoms with E-state index in [2.05, 4.69) is 5.43 Å². The molecule has 0 aliphatic rings. The number of hydrazine groups is 1. The van der Waals surface area contributed by atoms with Crippen LogP contribution in [0.3, 0.4) is 0 Å². The molecule has 1 rings (SSSR count). The summed E-state index contributed by atoms with van der Waals surface area (Å²) >= 11 is 6.77. The molecule has 0 saturated carbocycles. The van der Waals surface area contributed by atoms with Gasteiger partial charge in [-0.05, 0) is 38.1 Å². The van der Waals surface area contributed by atoms with Crippen LogP contribution in [0.5, 0.6) is 0 Å². The first-order chi connectivity index (χ1) is 9.56. The average Bonchev–Trinajstić information content (AvgIpc) is 2.41. The number of rotatable bonds is 4. The zero-order valence-electron chi connectivity index (χ0n) is 11.1. The molecule has 0 spiro atoms. The number of hydrogen-bond donors (Lipinski definition) is 1. The molecule has 1 aromatic carbocycles. The maximum atomic E-state index is 11.7. The van der Waals surface area contributed by atoms with E-state index in [0.717, 1.165) is 16.4 Å². The third-order valence-electron chi connectivity index (χ3n) is 1.91. The quantitative estimate of drug-likeness (QED) is 0.680. The molecular weight excluding hydrogens is 304 g/mol. The zero-order chi connectivity index (χ0) is 15.0. The van der Waals surface area contributed by atoms with Crippen LogP contribution >= 0.6 is 23.5 Å². The van der Waals surface area contributed by atoms with Crippen molar-refractivity contribution in [2.75, 3.05) is 13.2 Å². The summed E-state index contributed by atoms with van der Waals surface area (Å²) in [6.45, 7) is 3.74. The number of nitrogens with one attached hydrogen (secondary N) is 1. The lowest BCUT2D eigenvalue weighted by Gasteiger charge is -2.20. The first-order valence-electron chi connectivity index (χ1n) is 5.90. The number of carbonyl (C=O) groups excluding carboxylic acids is 2. The third-order valence-corrected chi connectivity index (χ3v) is 3.07. The number of hydrogen-bond acceptors (Lipinski definition) is 5. The molecule has 0 radical (unpaired) electrons. The van der Waals surface area contributed by atoms with Crippen LogP contribution in [0.4, 0.5) is 9.59 Å². The molecule has 0 fully saturated rings. The van der Waals surface area contributed by atoms with Crippen molar-refractivity contribution in [2.45, 2.75) is 18.7 Å². The summed E-state index contributed by atoms with van der Waals surface area (Å²) in [6, 6.07) is 6.79. The van der Waals surface area contributed by atoms with Gasteiger partial charge in [-0.3, -0.25) is 0 Å². The zero-order valence-corrected chi connectivity index (χ0v) is 12.7. The van der Waals surface area contributed by atoms with Gasteiger partial charge in [0.05, 0.1) is 13.2 Å². The van der Waals surface area contributed by atoms with E-state index in [0.29, 0.717) is 9.92 Å². The van der Waals surface area contributed by atoms with Crippen LogP contribution in [0.15, 0.2) is 29.2 Å². The summed E-state index contributed by atoms with van der Waals surface area (Å²) in [7, 11) is 0. The Morgan fingerprint density at radius 1 is 1.20 bits per heavy atom. The molecule has 0 unspecified atom stereocenters. The summed E-state index contributed by atoms with van der Waals surface area (Å²) in [6.07, 6.45) is -1.43. The Morgan fingerprint density at radius 3 is 2.35 bits per heavy atom. The second kappa shape index (κ2) is 8.55. The Balaban J connectivity index is 2.73. The van der Waals surface area contributed by atoms with E-state index in [1.165, 1.54) is 0 Å². The molecular formula is C12H15ClN2O4S. The van der Waals surface area contributed by atoms with Gasteiger partial charge in [0.1, 0.15) is 0 Å². The highest BCUT2D eigenvalue weighted by atomic mass is 35.5. The molecule has 0 aliphatic heterocycles. The number of ether oxygens (including phenoxy) is 2. The Morgan fingerprint density at radius 2 is 1.80 bits per heavy atom. The topological polar surface area (TPSA) is 67.9 Å². The highest BCUT2D eigenvalue weighted by Crippen LogP contribution is 2.23. The standard InChI is InChI=1S/C12H15ClN2O4S/c1-3-18-11(16)14-15(12(17)19-4-2)20-10-7-5-9(13)6-8-10/h5-8H,3-4H2,1-2H3,(H,14,16). The summed E-state index contributed by atoms with van der Waals surface area (Å²) in [5.41, 5.74) is 2.29. The maximum absolute atomic E-state index is 11.7. The molecule has 0 atom stereocenters. The Kier molecular flexibility index (Phi) is 7.03. The average molecular weight is 319 g/mol. The van der Waals surface area contributed by atoms with Crippen molar-refractivity contribution < 1.29 is 19.1 Å². The van der Waals surface area contributed by atoms with E-state index in [-0.39, 0.29) is 13.2 Å². The van der Waals surface area contributed by atoms with Gasteiger partial charge in [0.15, 0.2) is 0 Å². The lowest BCUT2D eigenvalue weighted by atomic mass is 10.4. The minimum atomic E-state index is -0.734. The van der Waals surface area contributed by atoms with Crippen LogP contribution in [0, 0.1) is 0 Å². The SMILES string of the molecule is CCOC(=O)NN(Sc1ccc(Cl)cc1)C(=O)OCC. The van der Waals surface area contributed by atoms with Crippen molar-refractivity contribution in [1.82, 2.24) is 9.84 Å². The smallest absolute Gasteiger partial charge is 0.439 e. The molecule has 1 N–H and O–H groups in total. The summed E-state index contributed by atoms with van der Waals surface area (Å²) in [5, 5.41) is 0.579. The second-order valence-electron chi connectivity index (χ2n) is 3.37. The minimum absolute atomic E-state index is 0.195. The van der Waals surface area contributed by atoms with Gasteiger partial charge in [-0.25, -0.2) is 15.0 Å². The van der Waals surface area contributed by atoms with Gasteiger partial charge in [0.25, 0.3) is 0 Å². The van der Waals surface area contributed by atoms with Gasteiger partial charge in [-0.1, -0.05) is 11.6 Å². The molecule has 1 aromatic rings. The van der Waals surface area contributed by atoms with Crippen molar-refractivity contribution in [1.29, 1.82) is 0 Å². The van der Waals surface area contributed by atoms with Crippen molar-refractivity contribution >= 4 is 35.7 Å². The summed E-state index contributed by atoms with van der Waals surface area (Å²) in [4.78, 5) is 23.8. The molecule has 0 saturated heterocycles. The number of benzene rings is 1. The third kappa shape index (κ3) is 5.58. The first kappa shape index (κ1) is 16.5. The van der Waals surface area contributed by atoms with Gasteiger partial charge in [-0.15, -0.1) is 4.41 Å². The fourth-order valence-corrected chi connectivity index (χ4v) is 1.98. The molecule has 110 valence electrons. The Bertz CT molecular complexity index is 455. The normalized spacial score (nSPS) is 9.75. The first-order valence-corrected chi connectivity index (χ1v) is 7.05. The Hall–Kier alpha value is -1.60. The second-order valence-corrected chi connectivity index (χ2v) is 4.83. The minimum Gasteiger partial charge on any atom is -0.449 e. The lowest BCUT2D eigenvalue weighted by Crippen LogP contribution is -2.42. The van der Waals surface area contributed by atoms with Gasteiger partial charge in [0.2, 0.25) is 0 Å². The largest absolute Gasteiger partial charge is 0.449 e. The van der Waals surface area contributed by atoms with Gasteiger partial charge in [-0.2, -0.15) is 0 Å².